The second kappa shape index (κ2) is 5.72. The van der Waals surface area contributed by atoms with Gasteiger partial charge in [-0.05, 0) is 30.2 Å². The van der Waals surface area contributed by atoms with E-state index in [-0.39, 0.29) is 24.3 Å². The van der Waals surface area contributed by atoms with Crippen LogP contribution >= 0.6 is 0 Å². The second-order valence-corrected chi connectivity index (χ2v) is 3.23. The number of halogens is 1. The van der Waals surface area contributed by atoms with Gasteiger partial charge in [-0.2, -0.15) is 0 Å². The van der Waals surface area contributed by atoms with Crippen LogP contribution in [-0.4, -0.2) is 12.5 Å². The van der Waals surface area contributed by atoms with Gasteiger partial charge in [0.25, 0.3) is 0 Å². The number of carbonyl (C=O) groups is 1. The zero-order chi connectivity index (χ0) is 12.0. The molecule has 16 heavy (non-hydrogen) atoms. The number of nitrogens with zero attached hydrogens (tertiary/aromatic N) is 3. The SMILES string of the molecule is CC(NC(=O)CN=[N+]=[N-])c1ccc(F)cc1. The molecule has 1 unspecified atom stereocenters. The maximum absolute atomic E-state index is 12.6. The highest BCUT2D eigenvalue weighted by Crippen LogP contribution is 2.12. The van der Waals surface area contributed by atoms with E-state index in [4.69, 9.17) is 5.53 Å². The van der Waals surface area contributed by atoms with Gasteiger partial charge >= 0.3 is 0 Å². The van der Waals surface area contributed by atoms with E-state index in [1.54, 1.807) is 19.1 Å². The molecular weight excluding hydrogens is 211 g/mol. The molecule has 0 aliphatic heterocycles. The third-order valence-corrected chi connectivity index (χ3v) is 2.03. The van der Waals surface area contributed by atoms with Gasteiger partial charge in [-0.3, -0.25) is 4.79 Å². The van der Waals surface area contributed by atoms with Crippen molar-refractivity contribution < 1.29 is 9.18 Å². The number of rotatable bonds is 4. The van der Waals surface area contributed by atoms with E-state index in [2.05, 4.69) is 15.3 Å². The van der Waals surface area contributed by atoms with E-state index in [1.807, 2.05) is 0 Å². The Labute approximate surface area is 91.9 Å². The van der Waals surface area contributed by atoms with Gasteiger partial charge in [0.1, 0.15) is 12.4 Å². The Kier molecular flexibility index (Phi) is 4.29. The molecule has 0 saturated carbocycles. The highest BCUT2D eigenvalue weighted by atomic mass is 19.1. The molecule has 0 fully saturated rings. The topological polar surface area (TPSA) is 77.9 Å². The van der Waals surface area contributed by atoms with Gasteiger partial charge in [0, 0.05) is 4.91 Å². The van der Waals surface area contributed by atoms with Gasteiger partial charge in [0.05, 0.1) is 6.04 Å². The molecule has 0 spiro atoms. The van der Waals surface area contributed by atoms with Crippen LogP contribution in [0, 0.1) is 5.82 Å². The Hall–Kier alpha value is -2.07. The van der Waals surface area contributed by atoms with Gasteiger partial charge in [0.2, 0.25) is 5.91 Å². The molecule has 1 aromatic rings. The number of hydrogen-bond acceptors (Lipinski definition) is 2. The molecule has 0 heterocycles. The van der Waals surface area contributed by atoms with Crippen molar-refractivity contribution in [1.29, 1.82) is 0 Å². The van der Waals surface area contributed by atoms with Crippen molar-refractivity contribution in [3.63, 3.8) is 0 Å². The number of azide groups is 1. The van der Waals surface area contributed by atoms with Gasteiger partial charge < -0.3 is 5.32 Å². The summed E-state index contributed by atoms with van der Waals surface area (Å²) in [6.45, 7) is 1.53. The third-order valence-electron chi connectivity index (χ3n) is 2.03. The molecular formula is C10H11FN4O. The predicted molar refractivity (Wildman–Crippen MR) is 57.0 cm³/mol. The number of benzene rings is 1. The van der Waals surface area contributed by atoms with Crippen molar-refractivity contribution in [2.45, 2.75) is 13.0 Å². The average molecular weight is 222 g/mol. The molecule has 0 aromatic heterocycles. The summed E-state index contributed by atoms with van der Waals surface area (Å²) >= 11 is 0. The first-order valence-corrected chi connectivity index (χ1v) is 4.69. The summed E-state index contributed by atoms with van der Waals surface area (Å²) in [6.07, 6.45) is 0. The lowest BCUT2D eigenvalue weighted by Gasteiger charge is -2.13. The Morgan fingerprint density at radius 1 is 1.56 bits per heavy atom. The molecule has 1 atom stereocenters. The largest absolute Gasteiger partial charge is 0.349 e. The minimum absolute atomic E-state index is 0.234. The van der Waals surface area contributed by atoms with Gasteiger partial charge in [-0.25, -0.2) is 4.39 Å². The highest BCUT2D eigenvalue weighted by Gasteiger charge is 2.08. The van der Waals surface area contributed by atoms with Crippen LogP contribution in [0.1, 0.15) is 18.5 Å². The first-order valence-electron chi connectivity index (χ1n) is 4.69. The van der Waals surface area contributed by atoms with E-state index < -0.39 is 0 Å². The Bertz CT molecular complexity index is 411. The van der Waals surface area contributed by atoms with Crippen LogP contribution in [0.2, 0.25) is 0 Å². The van der Waals surface area contributed by atoms with Crippen LogP contribution in [0.4, 0.5) is 4.39 Å². The van der Waals surface area contributed by atoms with Crippen LogP contribution in [0.5, 0.6) is 0 Å². The lowest BCUT2D eigenvalue weighted by Crippen LogP contribution is -2.28. The Balaban J connectivity index is 2.58. The summed E-state index contributed by atoms with van der Waals surface area (Å²) in [4.78, 5) is 13.7. The molecule has 0 radical (unpaired) electrons. The lowest BCUT2D eigenvalue weighted by molar-refractivity contribution is -0.120. The first kappa shape index (κ1) is 12.0. The van der Waals surface area contributed by atoms with Gasteiger partial charge in [-0.15, -0.1) is 0 Å². The molecule has 0 bridgehead atoms. The summed E-state index contributed by atoms with van der Waals surface area (Å²) < 4.78 is 12.6. The summed E-state index contributed by atoms with van der Waals surface area (Å²) in [5.41, 5.74) is 8.82. The van der Waals surface area contributed by atoms with Crippen LogP contribution in [0.3, 0.4) is 0 Å². The second-order valence-electron chi connectivity index (χ2n) is 3.23. The average Bonchev–Trinajstić information content (AvgIpc) is 2.27. The van der Waals surface area contributed by atoms with Crippen molar-refractivity contribution in [3.05, 3.63) is 46.1 Å². The summed E-state index contributed by atoms with van der Waals surface area (Å²) in [6, 6.07) is 5.58. The number of nitrogens with one attached hydrogen (secondary N) is 1. The van der Waals surface area contributed by atoms with Crippen molar-refractivity contribution in [3.8, 4) is 0 Å². The van der Waals surface area contributed by atoms with E-state index in [0.29, 0.717) is 0 Å². The van der Waals surface area contributed by atoms with Crippen LogP contribution < -0.4 is 5.32 Å². The van der Waals surface area contributed by atoms with Crippen molar-refractivity contribution >= 4 is 5.91 Å². The lowest BCUT2D eigenvalue weighted by atomic mass is 10.1. The normalized spacial score (nSPS) is 11.4. The number of hydrogen-bond donors (Lipinski definition) is 1. The van der Waals surface area contributed by atoms with Crippen molar-refractivity contribution in [2.75, 3.05) is 6.54 Å². The minimum atomic E-state index is -0.366. The molecule has 0 saturated heterocycles. The Morgan fingerprint density at radius 3 is 2.75 bits per heavy atom. The van der Waals surface area contributed by atoms with Crippen molar-refractivity contribution in [2.24, 2.45) is 5.11 Å². The molecule has 1 N–H and O–H groups in total. The molecule has 5 nitrogen and oxygen atoms in total. The number of carbonyl (C=O) groups excluding carboxylic acids is 1. The smallest absolute Gasteiger partial charge is 0.226 e. The summed E-state index contributed by atoms with van der Waals surface area (Å²) in [7, 11) is 0. The zero-order valence-corrected chi connectivity index (χ0v) is 8.72. The molecule has 1 amide bonds. The summed E-state index contributed by atoms with van der Waals surface area (Å²) in [5, 5.41) is 5.77. The maximum Gasteiger partial charge on any atom is 0.226 e. The van der Waals surface area contributed by atoms with E-state index in [9.17, 15) is 9.18 Å². The van der Waals surface area contributed by atoms with E-state index in [1.165, 1.54) is 12.1 Å². The molecule has 84 valence electrons. The quantitative estimate of drug-likeness (QED) is 0.473. The van der Waals surface area contributed by atoms with Gasteiger partial charge in [0.15, 0.2) is 0 Å². The monoisotopic (exact) mass is 222 g/mol. The fraction of sp³-hybridized carbons (Fsp3) is 0.300. The Morgan fingerprint density at radius 2 is 2.19 bits per heavy atom. The number of amides is 1. The fourth-order valence-electron chi connectivity index (χ4n) is 1.22. The first-order chi connectivity index (χ1) is 7.63. The molecule has 0 aliphatic carbocycles. The standard InChI is InChI=1S/C10H11FN4O/c1-7(14-10(16)6-13-15-12)8-2-4-9(11)5-3-8/h2-5,7H,6H2,1H3,(H,14,16). The zero-order valence-electron chi connectivity index (χ0n) is 8.72. The van der Waals surface area contributed by atoms with E-state index in [0.717, 1.165) is 5.56 Å². The fourth-order valence-corrected chi connectivity index (χ4v) is 1.22. The predicted octanol–water partition coefficient (Wildman–Crippen LogP) is 2.31. The summed E-state index contributed by atoms with van der Waals surface area (Å²) in [5.74, 6) is -0.689. The van der Waals surface area contributed by atoms with Crippen LogP contribution in [0.15, 0.2) is 29.4 Å². The highest BCUT2D eigenvalue weighted by molar-refractivity contribution is 5.78. The molecule has 1 rings (SSSR count). The van der Waals surface area contributed by atoms with E-state index >= 15 is 0 Å². The minimum Gasteiger partial charge on any atom is -0.349 e. The maximum atomic E-state index is 12.6. The molecule has 0 aliphatic rings. The van der Waals surface area contributed by atoms with Crippen LogP contribution in [-0.2, 0) is 4.79 Å². The molecule has 6 heteroatoms. The van der Waals surface area contributed by atoms with Crippen LogP contribution in [0.25, 0.3) is 10.4 Å². The van der Waals surface area contributed by atoms with Gasteiger partial charge in [-0.1, -0.05) is 17.2 Å². The molecule has 1 aromatic carbocycles. The van der Waals surface area contributed by atoms with Crippen molar-refractivity contribution in [1.82, 2.24) is 5.32 Å². The third kappa shape index (κ3) is 3.59.